The number of hydrogen-bond donors (Lipinski definition) is 2. The first-order valence-corrected chi connectivity index (χ1v) is 6.50. The number of nitrogens with zero attached hydrogens (tertiary/aromatic N) is 3. The number of benzene rings is 1. The van der Waals surface area contributed by atoms with Gasteiger partial charge in [0.15, 0.2) is 5.82 Å². The van der Waals surface area contributed by atoms with Crippen LogP contribution in [0.25, 0.3) is 0 Å². The molecule has 7 heteroatoms. The first kappa shape index (κ1) is 11.6. The van der Waals surface area contributed by atoms with Crippen LogP contribution in [-0.2, 0) is 6.54 Å². The van der Waals surface area contributed by atoms with E-state index in [4.69, 9.17) is 4.74 Å². The second-order valence-corrected chi connectivity index (χ2v) is 5.00. The van der Waals surface area contributed by atoms with E-state index < -0.39 is 0 Å². The summed E-state index contributed by atoms with van der Waals surface area (Å²) in [5, 5.41) is 17.2. The van der Waals surface area contributed by atoms with Gasteiger partial charge in [0.05, 0.1) is 13.2 Å². The van der Waals surface area contributed by atoms with Crippen molar-refractivity contribution in [2.75, 3.05) is 6.61 Å². The Balaban J connectivity index is 1.76. The summed E-state index contributed by atoms with van der Waals surface area (Å²) in [5.41, 5.74) is 1.17. The molecule has 1 aliphatic heterocycles. The molecule has 0 aliphatic carbocycles. The van der Waals surface area contributed by atoms with Gasteiger partial charge in [0.2, 0.25) is 0 Å². The predicted octanol–water partition coefficient (Wildman–Crippen LogP) is 1.58. The molecule has 1 aromatic heterocycles. The summed E-state index contributed by atoms with van der Waals surface area (Å²) in [7, 11) is 0. The third kappa shape index (κ3) is 2.37. The van der Waals surface area contributed by atoms with Gasteiger partial charge in [-0.05, 0) is 18.2 Å². The summed E-state index contributed by atoms with van der Waals surface area (Å²) in [6.45, 7) is 1.31. The monoisotopic (exact) mass is 309 g/mol. The van der Waals surface area contributed by atoms with Gasteiger partial charge in [-0.1, -0.05) is 21.1 Å². The van der Waals surface area contributed by atoms with Gasteiger partial charge in [0.25, 0.3) is 0 Å². The number of ether oxygens (including phenoxy) is 1. The Labute approximate surface area is 112 Å². The first-order valence-electron chi connectivity index (χ1n) is 5.71. The van der Waals surface area contributed by atoms with Gasteiger partial charge in [0.1, 0.15) is 5.75 Å². The van der Waals surface area contributed by atoms with E-state index in [-0.39, 0.29) is 6.04 Å². The standard InChI is InChI=1S/C11H12BrN5O/c12-7-1-2-10-8(5-7)9(3-4-18-10)13-6-11-14-16-17-15-11/h1-2,5,9,13H,3-4,6H2,(H,14,15,16,17). The van der Waals surface area contributed by atoms with Crippen LogP contribution < -0.4 is 10.1 Å². The summed E-state index contributed by atoms with van der Waals surface area (Å²) in [6, 6.07) is 6.31. The number of tetrazole rings is 1. The highest BCUT2D eigenvalue weighted by molar-refractivity contribution is 9.10. The fraction of sp³-hybridized carbons (Fsp3) is 0.364. The van der Waals surface area contributed by atoms with Crippen molar-refractivity contribution in [2.24, 2.45) is 0 Å². The number of hydrogen-bond acceptors (Lipinski definition) is 5. The number of rotatable bonds is 3. The molecule has 3 rings (SSSR count). The summed E-state index contributed by atoms with van der Waals surface area (Å²) in [6.07, 6.45) is 0.932. The zero-order valence-corrected chi connectivity index (χ0v) is 11.1. The largest absolute Gasteiger partial charge is 0.493 e. The van der Waals surface area contributed by atoms with E-state index in [0.29, 0.717) is 12.4 Å². The SMILES string of the molecule is Brc1ccc2c(c1)C(NCc1nn[nH]n1)CCO2. The van der Waals surface area contributed by atoms with E-state index in [2.05, 4.69) is 47.9 Å². The lowest BCUT2D eigenvalue weighted by atomic mass is 10.0. The normalized spacial score (nSPS) is 18.2. The molecule has 1 aromatic carbocycles. The van der Waals surface area contributed by atoms with E-state index in [1.165, 1.54) is 5.56 Å². The molecule has 6 nitrogen and oxygen atoms in total. The lowest BCUT2D eigenvalue weighted by Gasteiger charge is -2.26. The highest BCUT2D eigenvalue weighted by Crippen LogP contribution is 2.34. The van der Waals surface area contributed by atoms with E-state index >= 15 is 0 Å². The molecule has 18 heavy (non-hydrogen) atoms. The molecule has 0 saturated carbocycles. The molecule has 0 fully saturated rings. The Bertz CT molecular complexity index is 530. The minimum atomic E-state index is 0.254. The molecule has 0 radical (unpaired) electrons. The fourth-order valence-electron chi connectivity index (χ4n) is 2.05. The van der Waals surface area contributed by atoms with Gasteiger partial charge in [-0.3, -0.25) is 0 Å². The van der Waals surface area contributed by atoms with Crippen molar-refractivity contribution in [1.29, 1.82) is 0 Å². The first-order chi connectivity index (χ1) is 8.83. The molecule has 0 spiro atoms. The number of fused-ring (bicyclic) bond motifs is 1. The molecule has 0 saturated heterocycles. The van der Waals surface area contributed by atoms with Crippen LogP contribution in [0.5, 0.6) is 5.75 Å². The second kappa shape index (κ2) is 5.03. The highest BCUT2D eigenvalue weighted by atomic mass is 79.9. The van der Waals surface area contributed by atoms with Crippen LogP contribution >= 0.6 is 15.9 Å². The molecule has 94 valence electrons. The average molecular weight is 310 g/mol. The molecule has 1 unspecified atom stereocenters. The van der Waals surface area contributed by atoms with Gasteiger partial charge >= 0.3 is 0 Å². The number of aromatic amines is 1. The second-order valence-electron chi connectivity index (χ2n) is 4.08. The highest BCUT2D eigenvalue weighted by Gasteiger charge is 2.21. The molecule has 2 heterocycles. The average Bonchev–Trinajstić information content (AvgIpc) is 2.89. The van der Waals surface area contributed by atoms with Crippen molar-refractivity contribution in [3.63, 3.8) is 0 Å². The molecule has 2 aromatic rings. The van der Waals surface area contributed by atoms with E-state index in [1.807, 2.05) is 12.1 Å². The Morgan fingerprint density at radius 2 is 2.44 bits per heavy atom. The molecular weight excluding hydrogens is 298 g/mol. The molecule has 0 amide bonds. The molecule has 1 aliphatic rings. The van der Waals surface area contributed by atoms with Gasteiger partial charge in [-0.2, -0.15) is 5.21 Å². The summed E-state index contributed by atoms with van der Waals surface area (Å²) in [4.78, 5) is 0. The molecule has 0 bridgehead atoms. The summed E-state index contributed by atoms with van der Waals surface area (Å²) in [5.74, 6) is 1.60. The van der Waals surface area contributed by atoms with Gasteiger partial charge in [-0.15, -0.1) is 10.2 Å². The van der Waals surface area contributed by atoms with Crippen molar-refractivity contribution in [3.8, 4) is 5.75 Å². The van der Waals surface area contributed by atoms with E-state index in [0.717, 1.165) is 23.2 Å². The molecule has 2 N–H and O–H groups in total. The van der Waals surface area contributed by atoms with Crippen LogP contribution in [0.4, 0.5) is 0 Å². The minimum Gasteiger partial charge on any atom is -0.493 e. The lowest BCUT2D eigenvalue weighted by Crippen LogP contribution is -2.27. The van der Waals surface area contributed by atoms with Crippen LogP contribution in [0, 0.1) is 0 Å². The maximum atomic E-state index is 5.64. The zero-order valence-electron chi connectivity index (χ0n) is 9.56. The minimum absolute atomic E-state index is 0.254. The third-order valence-electron chi connectivity index (χ3n) is 2.91. The Kier molecular flexibility index (Phi) is 3.24. The van der Waals surface area contributed by atoms with Crippen LogP contribution in [0.2, 0.25) is 0 Å². The van der Waals surface area contributed by atoms with Crippen LogP contribution in [0.3, 0.4) is 0 Å². The van der Waals surface area contributed by atoms with Gasteiger partial charge < -0.3 is 10.1 Å². The smallest absolute Gasteiger partial charge is 0.188 e. The van der Waals surface area contributed by atoms with Gasteiger partial charge in [0, 0.05) is 22.5 Å². The summed E-state index contributed by atoms with van der Waals surface area (Å²) < 4.78 is 6.69. The van der Waals surface area contributed by atoms with Crippen molar-refractivity contribution < 1.29 is 4.74 Å². The number of nitrogens with one attached hydrogen (secondary N) is 2. The quantitative estimate of drug-likeness (QED) is 0.900. The van der Waals surface area contributed by atoms with Crippen molar-refractivity contribution in [2.45, 2.75) is 19.0 Å². The number of aromatic nitrogens is 4. The maximum absolute atomic E-state index is 5.64. The lowest BCUT2D eigenvalue weighted by molar-refractivity contribution is 0.251. The number of H-pyrrole nitrogens is 1. The predicted molar refractivity (Wildman–Crippen MR) is 68.0 cm³/mol. The Morgan fingerprint density at radius 3 is 3.28 bits per heavy atom. The van der Waals surface area contributed by atoms with Gasteiger partial charge in [-0.25, -0.2) is 0 Å². The topological polar surface area (TPSA) is 75.7 Å². The number of halogens is 1. The van der Waals surface area contributed by atoms with Crippen molar-refractivity contribution >= 4 is 15.9 Å². The fourth-order valence-corrected chi connectivity index (χ4v) is 2.43. The van der Waals surface area contributed by atoms with Crippen molar-refractivity contribution in [1.82, 2.24) is 25.9 Å². The maximum Gasteiger partial charge on any atom is 0.188 e. The Morgan fingerprint density at radius 1 is 1.50 bits per heavy atom. The van der Waals surface area contributed by atoms with E-state index in [1.54, 1.807) is 0 Å². The zero-order chi connectivity index (χ0) is 12.4. The van der Waals surface area contributed by atoms with Crippen LogP contribution in [0.1, 0.15) is 23.9 Å². The molecule has 1 atom stereocenters. The van der Waals surface area contributed by atoms with Crippen molar-refractivity contribution in [3.05, 3.63) is 34.1 Å². The van der Waals surface area contributed by atoms with Crippen LogP contribution in [-0.4, -0.2) is 27.2 Å². The summed E-state index contributed by atoms with van der Waals surface area (Å²) >= 11 is 3.48. The van der Waals surface area contributed by atoms with Crippen LogP contribution in [0.15, 0.2) is 22.7 Å². The third-order valence-corrected chi connectivity index (χ3v) is 3.40. The van der Waals surface area contributed by atoms with E-state index in [9.17, 15) is 0 Å². The molecular formula is C11H12BrN5O. The Hall–Kier alpha value is -1.47.